The summed E-state index contributed by atoms with van der Waals surface area (Å²) in [4.78, 5) is 7.74. The van der Waals surface area contributed by atoms with Gasteiger partial charge in [0.1, 0.15) is 5.82 Å². The average molecular weight is 377 g/mol. The topological polar surface area (TPSA) is 54.2 Å². The van der Waals surface area contributed by atoms with Crippen LogP contribution in [0, 0.1) is 0 Å². The molecule has 3 aromatic rings. The third kappa shape index (κ3) is 4.89. The Labute approximate surface area is 164 Å². The second-order valence-electron chi connectivity index (χ2n) is 6.92. The Hall–Kier alpha value is -2.34. The van der Waals surface area contributed by atoms with Gasteiger partial charge < -0.3 is 5.73 Å². The molecule has 0 saturated carbocycles. The van der Waals surface area contributed by atoms with E-state index in [4.69, 9.17) is 5.73 Å². The first-order chi connectivity index (χ1) is 13.3. The summed E-state index contributed by atoms with van der Waals surface area (Å²) in [5, 5.41) is 0. The molecule has 4 nitrogen and oxygen atoms in total. The van der Waals surface area contributed by atoms with Crippen LogP contribution < -0.4 is 10.5 Å². The van der Waals surface area contributed by atoms with E-state index in [0.717, 1.165) is 31.0 Å². The lowest BCUT2D eigenvalue weighted by Gasteiger charge is -2.17. The Kier molecular flexibility index (Phi) is 5.72. The Morgan fingerprint density at radius 1 is 1.00 bits per heavy atom. The standard InChI is InChI=1S/C22H24N4S/c23-22-11-10-21(14-24-22)27-25-20-12-13-26(16-20)15-17-6-8-19(9-7-17)18-4-2-1-3-5-18/h1-11,14,20,25H,12-13,15-16H2,(H2,23,24)/t20-/m1/s1. The molecule has 0 unspecified atom stereocenters. The summed E-state index contributed by atoms with van der Waals surface area (Å²) in [6.45, 7) is 3.19. The molecule has 1 aliphatic rings. The van der Waals surface area contributed by atoms with Crippen molar-refractivity contribution >= 4 is 17.8 Å². The number of anilines is 1. The van der Waals surface area contributed by atoms with Crippen LogP contribution in [0.15, 0.2) is 77.8 Å². The first-order valence-electron chi connectivity index (χ1n) is 9.27. The van der Waals surface area contributed by atoms with Crippen LogP contribution in [-0.2, 0) is 6.54 Å². The number of nitrogens with zero attached hydrogens (tertiary/aromatic N) is 2. The van der Waals surface area contributed by atoms with E-state index < -0.39 is 0 Å². The fourth-order valence-electron chi connectivity index (χ4n) is 3.37. The van der Waals surface area contributed by atoms with Gasteiger partial charge in [0, 0.05) is 36.8 Å². The summed E-state index contributed by atoms with van der Waals surface area (Å²) in [7, 11) is 0. The van der Waals surface area contributed by atoms with Crippen LogP contribution in [0.4, 0.5) is 5.82 Å². The molecule has 1 fully saturated rings. The van der Waals surface area contributed by atoms with Gasteiger partial charge in [0.05, 0.1) is 0 Å². The largest absolute Gasteiger partial charge is 0.384 e. The van der Waals surface area contributed by atoms with Crippen molar-refractivity contribution < 1.29 is 0 Å². The molecule has 27 heavy (non-hydrogen) atoms. The van der Waals surface area contributed by atoms with Gasteiger partial charge in [0.25, 0.3) is 0 Å². The van der Waals surface area contributed by atoms with Gasteiger partial charge in [0.2, 0.25) is 0 Å². The number of rotatable bonds is 6. The zero-order valence-electron chi connectivity index (χ0n) is 15.2. The number of aromatic nitrogens is 1. The highest BCUT2D eigenvalue weighted by Gasteiger charge is 2.22. The van der Waals surface area contributed by atoms with Crippen LogP contribution in [-0.4, -0.2) is 29.0 Å². The van der Waals surface area contributed by atoms with E-state index in [9.17, 15) is 0 Å². The van der Waals surface area contributed by atoms with E-state index >= 15 is 0 Å². The second-order valence-corrected chi connectivity index (χ2v) is 7.83. The van der Waals surface area contributed by atoms with Crippen molar-refractivity contribution in [2.24, 2.45) is 0 Å². The van der Waals surface area contributed by atoms with Gasteiger partial charge in [-0.1, -0.05) is 54.6 Å². The average Bonchev–Trinajstić information content (AvgIpc) is 3.16. The fraction of sp³-hybridized carbons (Fsp3) is 0.227. The lowest BCUT2D eigenvalue weighted by molar-refractivity contribution is 0.325. The highest BCUT2D eigenvalue weighted by molar-refractivity contribution is 7.97. The van der Waals surface area contributed by atoms with Gasteiger partial charge in [0.15, 0.2) is 0 Å². The van der Waals surface area contributed by atoms with Crippen molar-refractivity contribution in [3.05, 3.63) is 78.5 Å². The zero-order valence-corrected chi connectivity index (χ0v) is 16.0. The van der Waals surface area contributed by atoms with Crippen molar-refractivity contribution in [1.29, 1.82) is 0 Å². The third-order valence-electron chi connectivity index (χ3n) is 4.84. The van der Waals surface area contributed by atoms with Crippen LogP contribution in [0.25, 0.3) is 11.1 Å². The number of likely N-dealkylation sites (tertiary alicyclic amines) is 1. The van der Waals surface area contributed by atoms with E-state index in [1.807, 2.05) is 18.3 Å². The van der Waals surface area contributed by atoms with Gasteiger partial charge in [-0.15, -0.1) is 0 Å². The lowest BCUT2D eigenvalue weighted by Crippen LogP contribution is -2.28. The van der Waals surface area contributed by atoms with Crippen molar-refractivity contribution in [3.63, 3.8) is 0 Å². The molecule has 138 valence electrons. The molecule has 2 aromatic carbocycles. The number of benzene rings is 2. The highest BCUT2D eigenvalue weighted by atomic mass is 32.2. The minimum atomic E-state index is 0.496. The summed E-state index contributed by atoms with van der Waals surface area (Å²) in [5.74, 6) is 0.560. The summed E-state index contributed by atoms with van der Waals surface area (Å²) in [5.41, 5.74) is 9.54. The summed E-state index contributed by atoms with van der Waals surface area (Å²) in [6.07, 6.45) is 2.98. The van der Waals surface area contributed by atoms with Crippen molar-refractivity contribution in [3.8, 4) is 11.1 Å². The van der Waals surface area contributed by atoms with Gasteiger partial charge in [-0.25, -0.2) is 4.98 Å². The molecule has 1 atom stereocenters. The first kappa shape index (κ1) is 18.0. The summed E-state index contributed by atoms with van der Waals surface area (Å²) < 4.78 is 3.56. The Balaban J connectivity index is 1.27. The number of nitrogen functional groups attached to an aromatic ring is 1. The predicted octanol–water partition coefficient (Wildman–Crippen LogP) is 4.20. The fourth-order valence-corrected chi connectivity index (χ4v) is 4.10. The summed E-state index contributed by atoms with van der Waals surface area (Å²) >= 11 is 1.64. The maximum absolute atomic E-state index is 5.63. The molecule has 1 aromatic heterocycles. The minimum Gasteiger partial charge on any atom is -0.384 e. The molecular weight excluding hydrogens is 352 g/mol. The SMILES string of the molecule is Nc1ccc(SN[C@@H]2CCN(Cc3ccc(-c4ccccc4)cc3)C2)cn1. The van der Waals surface area contributed by atoms with E-state index in [-0.39, 0.29) is 0 Å². The quantitative estimate of drug-likeness (QED) is 0.632. The number of hydrogen-bond acceptors (Lipinski definition) is 5. The van der Waals surface area contributed by atoms with Crippen molar-refractivity contribution in [2.45, 2.75) is 23.9 Å². The molecule has 0 aliphatic carbocycles. The second kappa shape index (κ2) is 8.57. The highest BCUT2D eigenvalue weighted by Crippen LogP contribution is 2.22. The van der Waals surface area contributed by atoms with Crippen LogP contribution in [0.1, 0.15) is 12.0 Å². The monoisotopic (exact) mass is 376 g/mol. The minimum absolute atomic E-state index is 0.496. The van der Waals surface area contributed by atoms with Crippen molar-refractivity contribution in [1.82, 2.24) is 14.6 Å². The number of nitrogens with one attached hydrogen (secondary N) is 1. The zero-order chi connectivity index (χ0) is 18.5. The lowest BCUT2D eigenvalue weighted by atomic mass is 10.0. The molecule has 0 amide bonds. The number of nitrogens with two attached hydrogens (primary N) is 1. The van der Waals surface area contributed by atoms with Crippen LogP contribution >= 0.6 is 11.9 Å². The third-order valence-corrected chi connectivity index (χ3v) is 5.77. The van der Waals surface area contributed by atoms with E-state index in [1.54, 1.807) is 11.9 Å². The van der Waals surface area contributed by atoms with Crippen molar-refractivity contribution in [2.75, 3.05) is 18.8 Å². The maximum Gasteiger partial charge on any atom is 0.123 e. The smallest absolute Gasteiger partial charge is 0.123 e. The van der Waals surface area contributed by atoms with E-state index in [2.05, 4.69) is 69.2 Å². The molecule has 1 aliphatic heterocycles. The van der Waals surface area contributed by atoms with Gasteiger partial charge in [-0.2, -0.15) is 0 Å². The Bertz CT molecular complexity index is 850. The number of hydrogen-bond donors (Lipinski definition) is 2. The molecule has 5 heteroatoms. The normalized spacial score (nSPS) is 17.3. The molecule has 1 saturated heterocycles. The maximum atomic E-state index is 5.63. The molecule has 0 radical (unpaired) electrons. The molecule has 3 N–H and O–H groups in total. The van der Waals surface area contributed by atoms with Crippen LogP contribution in [0.2, 0.25) is 0 Å². The van der Waals surface area contributed by atoms with Crippen LogP contribution in [0.3, 0.4) is 0 Å². The van der Waals surface area contributed by atoms with Gasteiger partial charge in [-0.3, -0.25) is 9.62 Å². The number of pyridine rings is 1. The summed E-state index contributed by atoms with van der Waals surface area (Å²) in [6, 6.07) is 23.8. The van der Waals surface area contributed by atoms with Gasteiger partial charge >= 0.3 is 0 Å². The van der Waals surface area contributed by atoms with E-state index in [1.165, 1.54) is 16.7 Å². The molecule has 2 heterocycles. The van der Waals surface area contributed by atoms with Crippen LogP contribution in [0.5, 0.6) is 0 Å². The van der Waals surface area contributed by atoms with Gasteiger partial charge in [-0.05, 0) is 47.2 Å². The Morgan fingerprint density at radius 3 is 2.52 bits per heavy atom. The first-order valence-corrected chi connectivity index (χ1v) is 10.1. The molecular formula is C22H24N4S. The Morgan fingerprint density at radius 2 is 1.78 bits per heavy atom. The molecule has 0 bridgehead atoms. The predicted molar refractivity (Wildman–Crippen MR) is 113 cm³/mol. The molecule has 4 rings (SSSR count). The van der Waals surface area contributed by atoms with E-state index in [0.29, 0.717) is 11.9 Å². The molecule has 0 spiro atoms.